The molecule has 1 aromatic rings. The molecule has 78 valence electrons. The number of carbonyl (C=O) groups is 1. The molecule has 1 aromatic heterocycles. The van der Waals surface area contributed by atoms with Crippen molar-refractivity contribution in [3.63, 3.8) is 0 Å². The van der Waals surface area contributed by atoms with E-state index in [1.54, 1.807) is 7.11 Å². The van der Waals surface area contributed by atoms with Gasteiger partial charge in [0.05, 0.1) is 6.61 Å². The van der Waals surface area contributed by atoms with Crippen molar-refractivity contribution >= 4 is 21.9 Å². The Morgan fingerprint density at radius 3 is 2.86 bits per heavy atom. The molecule has 0 aliphatic carbocycles. The van der Waals surface area contributed by atoms with Crippen molar-refractivity contribution in [2.75, 3.05) is 20.3 Å². The molecule has 0 saturated carbocycles. The van der Waals surface area contributed by atoms with Gasteiger partial charge in [0.1, 0.15) is 11.1 Å². The van der Waals surface area contributed by atoms with E-state index < -0.39 is 5.97 Å². The van der Waals surface area contributed by atoms with Gasteiger partial charge in [-0.15, -0.1) is 5.10 Å². The maximum absolute atomic E-state index is 10.6. The largest absolute Gasteiger partial charge is 0.476 e. The Labute approximate surface area is 88.3 Å². The predicted octanol–water partition coefficient (Wildman–Crippen LogP) is 0.896. The van der Waals surface area contributed by atoms with Crippen LogP contribution >= 0.6 is 15.9 Å². The zero-order valence-electron chi connectivity index (χ0n) is 7.41. The number of hydrogen-bond acceptors (Lipinski definition) is 4. The van der Waals surface area contributed by atoms with Crippen LogP contribution in [0.15, 0.2) is 4.47 Å². The highest BCUT2D eigenvalue weighted by atomic mass is 79.9. The summed E-state index contributed by atoms with van der Waals surface area (Å²) in [5.74, 6) is -0.870. The summed E-state index contributed by atoms with van der Waals surface area (Å²) in [5, 5.41) is 14.7. The van der Waals surface area contributed by atoms with Crippen LogP contribution in [0.4, 0.5) is 0 Å². The molecule has 6 nitrogen and oxygen atoms in total. The molecule has 7 heteroatoms. The summed E-state index contributed by atoms with van der Waals surface area (Å²) in [6.45, 7) is 0.737. The van der Waals surface area contributed by atoms with Gasteiger partial charge in [0.2, 0.25) is 5.88 Å². The fourth-order valence-electron chi connectivity index (χ4n) is 0.771. The molecule has 0 aromatic carbocycles. The molecular weight excluding hydrogens is 256 g/mol. The highest BCUT2D eigenvalue weighted by Gasteiger charge is 2.16. The number of ether oxygens (including phenoxy) is 2. The number of methoxy groups -OCH3 is 1. The molecule has 0 radical (unpaired) electrons. The van der Waals surface area contributed by atoms with Gasteiger partial charge in [0.15, 0.2) is 5.69 Å². The van der Waals surface area contributed by atoms with E-state index in [4.69, 9.17) is 14.6 Å². The zero-order chi connectivity index (χ0) is 10.6. The molecule has 0 atom stereocenters. The maximum Gasteiger partial charge on any atom is 0.355 e. The van der Waals surface area contributed by atoms with Gasteiger partial charge in [-0.1, -0.05) is 0 Å². The molecule has 14 heavy (non-hydrogen) atoms. The van der Waals surface area contributed by atoms with Crippen molar-refractivity contribution in [1.82, 2.24) is 10.2 Å². The lowest BCUT2D eigenvalue weighted by molar-refractivity contribution is 0.0689. The predicted molar refractivity (Wildman–Crippen MR) is 50.6 cm³/mol. The molecule has 0 aliphatic heterocycles. The number of carboxylic acid groups (broad SMARTS) is 1. The Balaban J connectivity index is 2.65. The molecule has 0 saturated heterocycles. The minimum absolute atomic E-state index is 0.0302. The van der Waals surface area contributed by atoms with Crippen LogP contribution in [0.1, 0.15) is 10.5 Å². The summed E-state index contributed by atoms with van der Waals surface area (Å²) in [5.41, 5.74) is -0.0302. The first-order valence-corrected chi connectivity index (χ1v) is 4.55. The molecule has 0 spiro atoms. The molecule has 0 fully saturated rings. The average Bonchev–Trinajstić information content (AvgIpc) is 2.48. The standard InChI is InChI=1S/C7H9BrN2O4/c1-13-2-3-14-6-4(8)5(7(11)12)9-10-6/h2-3H2,1H3,(H,9,10)(H,11,12). The second kappa shape index (κ2) is 4.97. The first kappa shape index (κ1) is 11.0. The van der Waals surface area contributed by atoms with E-state index in [2.05, 4.69) is 26.1 Å². The summed E-state index contributed by atoms with van der Waals surface area (Å²) in [7, 11) is 1.55. The summed E-state index contributed by atoms with van der Waals surface area (Å²) < 4.78 is 10.2. The lowest BCUT2D eigenvalue weighted by Crippen LogP contribution is -2.04. The Morgan fingerprint density at radius 2 is 2.36 bits per heavy atom. The van der Waals surface area contributed by atoms with Gasteiger partial charge >= 0.3 is 5.97 Å². The third-order valence-corrected chi connectivity index (χ3v) is 2.15. The average molecular weight is 265 g/mol. The fourth-order valence-corrected chi connectivity index (χ4v) is 1.23. The number of H-pyrrole nitrogens is 1. The van der Waals surface area contributed by atoms with E-state index in [1.165, 1.54) is 0 Å². The van der Waals surface area contributed by atoms with Crippen molar-refractivity contribution in [1.29, 1.82) is 0 Å². The number of nitrogens with zero attached hydrogens (tertiary/aromatic N) is 1. The van der Waals surface area contributed by atoms with Gasteiger partial charge in [-0.05, 0) is 15.9 Å². The number of carboxylic acids is 1. The van der Waals surface area contributed by atoms with Crippen LogP contribution < -0.4 is 4.74 Å². The number of aromatic amines is 1. The minimum atomic E-state index is -1.09. The van der Waals surface area contributed by atoms with Crippen LogP contribution in [-0.4, -0.2) is 41.6 Å². The van der Waals surface area contributed by atoms with Crippen molar-refractivity contribution in [3.8, 4) is 5.88 Å². The molecule has 1 rings (SSSR count). The Morgan fingerprint density at radius 1 is 1.64 bits per heavy atom. The number of aromatic carboxylic acids is 1. The van der Waals surface area contributed by atoms with Crippen LogP contribution in [0.5, 0.6) is 5.88 Å². The van der Waals surface area contributed by atoms with Gasteiger partial charge in [-0.3, -0.25) is 5.10 Å². The highest BCUT2D eigenvalue weighted by Crippen LogP contribution is 2.25. The molecule has 0 unspecified atom stereocenters. The molecule has 1 heterocycles. The SMILES string of the molecule is COCCOc1n[nH]c(C(=O)O)c1Br. The summed E-state index contributed by atoms with van der Waals surface area (Å²) in [6, 6.07) is 0. The zero-order valence-corrected chi connectivity index (χ0v) is 9.00. The third kappa shape index (κ3) is 2.46. The molecule has 2 N–H and O–H groups in total. The van der Waals surface area contributed by atoms with E-state index in [1.807, 2.05) is 0 Å². The monoisotopic (exact) mass is 264 g/mol. The van der Waals surface area contributed by atoms with Crippen molar-refractivity contribution < 1.29 is 19.4 Å². The molecule has 0 amide bonds. The molecule has 0 aliphatic rings. The van der Waals surface area contributed by atoms with Gasteiger partial charge in [-0.2, -0.15) is 0 Å². The van der Waals surface area contributed by atoms with Crippen LogP contribution in [0.2, 0.25) is 0 Å². The van der Waals surface area contributed by atoms with Gasteiger partial charge < -0.3 is 14.6 Å². The molecule has 0 bridgehead atoms. The van der Waals surface area contributed by atoms with E-state index in [0.29, 0.717) is 17.7 Å². The lowest BCUT2D eigenvalue weighted by Gasteiger charge is -2.01. The Kier molecular flexibility index (Phi) is 3.90. The maximum atomic E-state index is 10.6. The normalized spacial score (nSPS) is 10.1. The quantitative estimate of drug-likeness (QED) is 0.772. The van der Waals surface area contributed by atoms with Crippen LogP contribution in [0.25, 0.3) is 0 Å². The van der Waals surface area contributed by atoms with Crippen LogP contribution in [-0.2, 0) is 4.74 Å². The minimum Gasteiger partial charge on any atom is -0.476 e. The van der Waals surface area contributed by atoms with Crippen LogP contribution in [0.3, 0.4) is 0 Å². The number of hydrogen-bond donors (Lipinski definition) is 2. The summed E-state index contributed by atoms with van der Waals surface area (Å²) in [6.07, 6.45) is 0. The first-order chi connectivity index (χ1) is 6.66. The van der Waals surface area contributed by atoms with Gasteiger partial charge in [-0.25, -0.2) is 4.79 Å². The van der Waals surface area contributed by atoms with Gasteiger partial charge in [0, 0.05) is 7.11 Å². The van der Waals surface area contributed by atoms with E-state index in [-0.39, 0.29) is 11.6 Å². The third-order valence-electron chi connectivity index (χ3n) is 1.42. The second-order valence-corrected chi connectivity index (χ2v) is 3.16. The number of halogens is 1. The topological polar surface area (TPSA) is 84.4 Å². The number of aromatic nitrogens is 2. The smallest absolute Gasteiger partial charge is 0.355 e. The molecular formula is C7H9BrN2O4. The van der Waals surface area contributed by atoms with Crippen molar-refractivity contribution in [2.45, 2.75) is 0 Å². The van der Waals surface area contributed by atoms with Crippen LogP contribution in [0, 0.1) is 0 Å². The van der Waals surface area contributed by atoms with Crippen molar-refractivity contribution in [2.24, 2.45) is 0 Å². The Hall–Kier alpha value is -1.08. The first-order valence-electron chi connectivity index (χ1n) is 3.75. The van der Waals surface area contributed by atoms with E-state index in [0.717, 1.165) is 0 Å². The highest BCUT2D eigenvalue weighted by molar-refractivity contribution is 9.10. The summed E-state index contributed by atoms with van der Waals surface area (Å²) in [4.78, 5) is 10.6. The fraction of sp³-hybridized carbons (Fsp3) is 0.429. The number of nitrogens with one attached hydrogen (secondary N) is 1. The van der Waals surface area contributed by atoms with E-state index >= 15 is 0 Å². The van der Waals surface area contributed by atoms with Gasteiger partial charge in [0.25, 0.3) is 0 Å². The summed E-state index contributed by atoms with van der Waals surface area (Å²) >= 11 is 3.06. The second-order valence-electron chi connectivity index (χ2n) is 2.36. The lowest BCUT2D eigenvalue weighted by atomic mass is 10.4. The number of rotatable bonds is 5. The van der Waals surface area contributed by atoms with E-state index in [9.17, 15) is 4.79 Å². The Bertz CT molecular complexity index is 325. The van der Waals surface area contributed by atoms with Crippen molar-refractivity contribution in [3.05, 3.63) is 10.2 Å².